The van der Waals surface area contributed by atoms with Gasteiger partial charge < -0.3 is 23.7 Å². The molecule has 1 saturated heterocycles. The smallest absolute Gasteiger partial charge is 0.410 e. The van der Waals surface area contributed by atoms with E-state index in [4.69, 9.17) is 27.9 Å². The van der Waals surface area contributed by atoms with Crippen LogP contribution in [0.3, 0.4) is 0 Å². The first-order valence-corrected chi connectivity index (χ1v) is 14.3. The molecule has 210 valence electrons. The van der Waals surface area contributed by atoms with Crippen molar-refractivity contribution in [1.29, 1.82) is 0 Å². The predicted octanol–water partition coefficient (Wildman–Crippen LogP) is 3.35. The second kappa shape index (κ2) is 15.8. The zero-order chi connectivity index (χ0) is 27.2. The fourth-order valence-electron chi connectivity index (χ4n) is 4.21. The molecule has 1 aliphatic heterocycles. The van der Waals surface area contributed by atoms with Crippen molar-refractivity contribution < 1.29 is 41.1 Å². The molecule has 3 rings (SSSR count). The van der Waals surface area contributed by atoms with Gasteiger partial charge in [0.1, 0.15) is 13.4 Å². The zero-order valence-electron chi connectivity index (χ0n) is 21.9. The van der Waals surface area contributed by atoms with Gasteiger partial charge in [0.05, 0.1) is 50.9 Å². The number of ether oxygens (including phenoxy) is 5. The highest BCUT2D eigenvalue weighted by molar-refractivity contribution is 7.85. The second-order valence-corrected chi connectivity index (χ2v) is 10.5. The standard InChI is InChI=1S/C27H37NO9S/c1-32-17-18-33-21-36-24-13-15-28(27(29)35-20-23-11-7-4-8-12-23)26(24)25(14-16-37-38(2,30)31)34-19-22-9-5-3-6-10-22/h3-12,24-26H,13-21H2,1-2H3/t24-,25-,26+/m1/s1. The largest absolute Gasteiger partial charge is 0.445 e. The van der Waals surface area contributed by atoms with Gasteiger partial charge in [-0.05, 0) is 17.5 Å². The summed E-state index contributed by atoms with van der Waals surface area (Å²) in [5.41, 5.74) is 1.81. The average molecular weight is 552 g/mol. The van der Waals surface area contributed by atoms with E-state index in [1.54, 1.807) is 12.0 Å². The molecule has 0 radical (unpaired) electrons. The minimum Gasteiger partial charge on any atom is -0.445 e. The van der Waals surface area contributed by atoms with E-state index in [2.05, 4.69) is 0 Å². The summed E-state index contributed by atoms with van der Waals surface area (Å²) in [6.45, 7) is 1.50. The molecule has 1 amide bonds. The van der Waals surface area contributed by atoms with E-state index in [1.807, 2.05) is 60.7 Å². The molecule has 10 nitrogen and oxygen atoms in total. The molecule has 1 fully saturated rings. The third-order valence-corrected chi connectivity index (χ3v) is 6.61. The number of hydrogen-bond acceptors (Lipinski definition) is 9. The highest BCUT2D eigenvalue weighted by atomic mass is 32.2. The summed E-state index contributed by atoms with van der Waals surface area (Å²) in [5.74, 6) is 0. The number of methoxy groups -OCH3 is 1. The molecular weight excluding hydrogens is 514 g/mol. The van der Waals surface area contributed by atoms with E-state index in [1.165, 1.54) is 0 Å². The monoisotopic (exact) mass is 551 g/mol. The number of likely N-dealkylation sites (tertiary alicyclic amines) is 1. The molecule has 11 heteroatoms. The Balaban J connectivity index is 1.75. The lowest BCUT2D eigenvalue weighted by Crippen LogP contribution is -2.49. The van der Waals surface area contributed by atoms with Crippen LogP contribution < -0.4 is 0 Å². The van der Waals surface area contributed by atoms with Gasteiger partial charge in [0.25, 0.3) is 10.1 Å². The Morgan fingerprint density at radius 3 is 2.26 bits per heavy atom. The summed E-state index contributed by atoms with van der Waals surface area (Å²) >= 11 is 0. The van der Waals surface area contributed by atoms with E-state index >= 15 is 0 Å². The minimum atomic E-state index is -3.64. The van der Waals surface area contributed by atoms with Gasteiger partial charge in [0, 0.05) is 20.1 Å². The Morgan fingerprint density at radius 2 is 1.63 bits per heavy atom. The summed E-state index contributed by atoms with van der Waals surface area (Å²) < 4.78 is 56.6. The van der Waals surface area contributed by atoms with Crippen molar-refractivity contribution in [3.63, 3.8) is 0 Å². The first-order valence-electron chi connectivity index (χ1n) is 12.5. The third-order valence-electron chi connectivity index (χ3n) is 6.02. The SMILES string of the molecule is COCCOCO[C@@H]1CCN(C(=O)OCc2ccccc2)[C@@H]1[C@@H](CCOS(C)(=O)=O)OCc1ccccc1. The van der Waals surface area contributed by atoms with E-state index in [0.717, 1.165) is 17.4 Å². The Labute approximate surface area is 224 Å². The highest BCUT2D eigenvalue weighted by Gasteiger charge is 2.44. The summed E-state index contributed by atoms with van der Waals surface area (Å²) in [6.07, 6.45) is 0.254. The first-order chi connectivity index (χ1) is 18.4. The molecule has 0 saturated carbocycles. The Hall–Kier alpha value is -2.54. The molecule has 0 aliphatic carbocycles. The molecule has 0 N–H and O–H groups in total. The van der Waals surface area contributed by atoms with Crippen LogP contribution in [0.25, 0.3) is 0 Å². The van der Waals surface area contributed by atoms with Gasteiger partial charge in [0.2, 0.25) is 0 Å². The molecule has 1 heterocycles. The molecule has 1 aliphatic rings. The lowest BCUT2D eigenvalue weighted by atomic mass is 10.0. The van der Waals surface area contributed by atoms with Gasteiger partial charge in [0.15, 0.2) is 0 Å². The molecule has 0 unspecified atom stereocenters. The summed E-state index contributed by atoms with van der Waals surface area (Å²) in [5, 5.41) is 0. The third kappa shape index (κ3) is 10.3. The second-order valence-electron chi connectivity index (χ2n) is 8.89. The van der Waals surface area contributed by atoms with Crippen LogP contribution in [0.4, 0.5) is 4.79 Å². The van der Waals surface area contributed by atoms with Gasteiger partial charge in [-0.25, -0.2) is 4.79 Å². The normalized spacial score (nSPS) is 18.4. The van der Waals surface area contributed by atoms with Crippen LogP contribution in [0.5, 0.6) is 0 Å². The maximum Gasteiger partial charge on any atom is 0.410 e. The quantitative estimate of drug-likeness (QED) is 0.176. The summed E-state index contributed by atoms with van der Waals surface area (Å²) in [7, 11) is -2.05. The fraction of sp³-hybridized carbons (Fsp3) is 0.519. The van der Waals surface area contributed by atoms with Gasteiger partial charge in [-0.3, -0.25) is 9.08 Å². The van der Waals surface area contributed by atoms with Crippen LogP contribution in [0.1, 0.15) is 24.0 Å². The molecule has 3 atom stereocenters. The van der Waals surface area contributed by atoms with Gasteiger partial charge in [-0.2, -0.15) is 8.42 Å². The zero-order valence-corrected chi connectivity index (χ0v) is 22.7. The van der Waals surface area contributed by atoms with Crippen molar-refractivity contribution in [2.75, 3.05) is 46.5 Å². The summed E-state index contributed by atoms with van der Waals surface area (Å²) in [4.78, 5) is 14.8. The van der Waals surface area contributed by atoms with Crippen molar-refractivity contribution in [1.82, 2.24) is 4.90 Å². The van der Waals surface area contributed by atoms with Crippen molar-refractivity contribution in [2.45, 2.75) is 44.3 Å². The van der Waals surface area contributed by atoms with Crippen LogP contribution in [0.15, 0.2) is 60.7 Å². The van der Waals surface area contributed by atoms with Crippen molar-refractivity contribution >= 4 is 16.2 Å². The lowest BCUT2D eigenvalue weighted by Gasteiger charge is -2.34. The fourth-order valence-corrected chi connectivity index (χ4v) is 4.61. The lowest BCUT2D eigenvalue weighted by molar-refractivity contribution is -0.125. The number of carbonyl (C=O) groups is 1. The number of amides is 1. The van der Waals surface area contributed by atoms with Crippen LogP contribution in [0.2, 0.25) is 0 Å². The molecule has 38 heavy (non-hydrogen) atoms. The van der Waals surface area contributed by atoms with E-state index in [0.29, 0.717) is 26.2 Å². The number of rotatable bonds is 16. The molecule has 2 aromatic rings. The highest BCUT2D eigenvalue weighted by Crippen LogP contribution is 2.29. The Bertz CT molecular complexity index is 1050. The molecular formula is C27H37NO9S. The number of nitrogens with zero attached hydrogens (tertiary/aromatic N) is 1. The van der Waals surface area contributed by atoms with Gasteiger partial charge in [-0.1, -0.05) is 60.7 Å². The van der Waals surface area contributed by atoms with Crippen molar-refractivity contribution in [3.8, 4) is 0 Å². The topological polar surface area (TPSA) is 110 Å². The van der Waals surface area contributed by atoms with E-state index < -0.39 is 34.5 Å². The van der Waals surface area contributed by atoms with Crippen LogP contribution in [-0.2, 0) is 51.2 Å². The molecule has 0 aromatic heterocycles. The number of carbonyl (C=O) groups excluding carboxylic acids is 1. The van der Waals surface area contributed by atoms with Crippen molar-refractivity contribution in [2.24, 2.45) is 0 Å². The van der Waals surface area contributed by atoms with Gasteiger partial charge >= 0.3 is 6.09 Å². The number of hydrogen-bond donors (Lipinski definition) is 0. The summed E-state index contributed by atoms with van der Waals surface area (Å²) in [6, 6.07) is 18.5. The maximum absolute atomic E-state index is 13.2. The first kappa shape index (κ1) is 30.0. The minimum absolute atomic E-state index is 0.0165. The Morgan fingerprint density at radius 1 is 0.974 bits per heavy atom. The molecule has 2 aromatic carbocycles. The number of benzene rings is 2. The maximum atomic E-state index is 13.2. The predicted molar refractivity (Wildman–Crippen MR) is 140 cm³/mol. The van der Waals surface area contributed by atoms with Gasteiger partial charge in [-0.15, -0.1) is 0 Å². The van der Waals surface area contributed by atoms with E-state index in [-0.39, 0.29) is 33.0 Å². The van der Waals surface area contributed by atoms with Crippen LogP contribution >= 0.6 is 0 Å². The Kier molecular flexibility index (Phi) is 12.5. The van der Waals surface area contributed by atoms with Crippen LogP contribution in [0, 0.1) is 0 Å². The average Bonchev–Trinajstić information content (AvgIpc) is 3.33. The van der Waals surface area contributed by atoms with E-state index in [9.17, 15) is 13.2 Å². The van der Waals surface area contributed by atoms with Crippen molar-refractivity contribution in [3.05, 3.63) is 71.8 Å². The molecule has 0 bridgehead atoms. The molecule has 0 spiro atoms. The van der Waals surface area contributed by atoms with Crippen LogP contribution in [-0.4, -0.2) is 84.2 Å².